The van der Waals surface area contributed by atoms with Gasteiger partial charge in [0.1, 0.15) is 0 Å². The quantitative estimate of drug-likeness (QED) is 0.461. The topological polar surface area (TPSA) is 55.8 Å². The Balaban J connectivity index is 0.000000433. The third-order valence-electron chi connectivity index (χ3n) is 4.47. The minimum atomic E-state index is -0.471. The summed E-state index contributed by atoms with van der Waals surface area (Å²) in [6, 6.07) is 6.59. The molecule has 0 spiro atoms. The second-order valence-electron chi connectivity index (χ2n) is 6.67. The van der Waals surface area contributed by atoms with E-state index in [4.69, 9.17) is 9.47 Å². The number of ether oxygens (including phenoxy) is 2. The average molecular weight is 378 g/mol. The molecule has 5 nitrogen and oxygen atoms in total. The molecule has 0 amide bonds. The first kappa shape index (κ1) is 23.2. The summed E-state index contributed by atoms with van der Waals surface area (Å²) in [6.45, 7) is 10.9. The van der Waals surface area contributed by atoms with E-state index in [1.54, 1.807) is 24.3 Å². The molecule has 1 aliphatic rings. The highest BCUT2D eigenvalue weighted by atomic mass is 16.5. The summed E-state index contributed by atoms with van der Waals surface area (Å²) < 4.78 is 10.3. The predicted octanol–water partition coefficient (Wildman–Crippen LogP) is 4.70. The number of hydrogen-bond donors (Lipinski definition) is 0. The third-order valence-corrected chi connectivity index (χ3v) is 4.47. The molecule has 1 heterocycles. The van der Waals surface area contributed by atoms with Gasteiger partial charge in [0.05, 0.1) is 24.3 Å². The highest BCUT2D eigenvalue weighted by molar-refractivity contribution is 6.03. The summed E-state index contributed by atoms with van der Waals surface area (Å²) in [5.74, 6) is -0.942. The number of rotatable bonds is 9. The van der Waals surface area contributed by atoms with Crippen molar-refractivity contribution in [3.63, 3.8) is 0 Å². The zero-order valence-corrected chi connectivity index (χ0v) is 17.2. The Bertz CT molecular complexity index is 512. The number of hydrogen-bond acceptors (Lipinski definition) is 5. The van der Waals surface area contributed by atoms with Gasteiger partial charge in [-0.15, -0.1) is 0 Å². The van der Waals surface area contributed by atoms with Crippen LogP contribution in [0.3, 0.4) is 0 Å². The van der Waals surface area contributed by atoms with Crippen LogP contribution < -0.4 is 0 Å². The smallest absolute Gasteiger partial charge is 0.339 e. The number of likely N-dealkylation sites (tertiary alicyclic amines) is 1. The molecule has 0 aliphatic carbocycles. The molecule has 1 aromatic carbocycles. The summed E-state index contributed by atoms with van der Waals surface area (Å²) in [5.41, 5.74) is 0.537. The maximum atomic E-state index is 11.9. The Morgan fingerprint density at radius 2 is 1.30 bits per heavy atom. The molecule has 1 saturated heterocycles. The van der Waals surface area contributed by atoms with E-state index < -0.39 is 11.9 Å². The lowest BCUT2D eigenvalue weighted by Gasteiger charge is -2.09. The molecular formula is C22H35NO4. The molecule has 0 unspecified atom stereocenters. The average Bonchev–Trinajstić information content (AvgIpc) is 3.22. The van der Waals surface area contributed by atoms with Crippen LogP contribution in [0.2, 0.25) is 0 Å². The van der Waals surface area contributed by atoms with Crippen molar-refractivity contribution in [2.75, 3.05) is 32.8 Å². The first-order valence-corrected chi connectivity index (χ1v) is 10.3. The molecule has 5 heteroatoms. The van der Waals surface area contributed by atoms with E-state index in [0.717, 1.165) is 25.7 Å². The Morgan fingerprint density at radius 3 is 1.63 bits per heavy atom. The zero-order valence-electron chi connectivity index (χ0n) is 17.2. The summed E-state index contributed by atoms with van der Waals surface area (Å²) in [4.78, 5) is 26.4. The van der Waals surface area contributed by atoms with E-state index >= 15 is 0 Å². The van der Waals surface area contributed by atoms with Gasteiger partial charge in [-0.1, -0.05) is 45.7 Å². The third kappa shape index (κ3) is 9.05. The molecule has 27 heavy (non-hydrogen) atoms. The lowest BCUT2D eigenvalue weighted by Crippen LogP contribution is -2.17. The molecule has 1 aliphatic heterocycles. The molecular weight excluding hydrogens is 342 g/mol. The fourth-order valence-electron chi connectivity index (χ4n) is 2.71. The van der Waals surface area contributed by atoms with Gasteiger partial charge in [0, 0.05) is 0 Å². The van der Waals surface area contributed by atoms with Gasteiger partial charge in [0.2, 0.25) is 0 Å². The maximum absolute atomic E-state index is 11.9. The Labute approximate surface area is 164 Å². The molecule has 1 fully saturated rings. The zero-order chi connectivity index (χ0) is 19.9. The fraction of sp³-hybridized carbons (Fsp3) is 0.636. The lowest BCUT2D eigenvalue weighted by molar-refractivity contribution is 0.0452. The van der Waals surface area contributed by atoms with Crippen molar-refractivity contribution in [1.29, 1.82) is 0 Å². The molecule has 1 aromatic rings. The number of unbranched alkanes of at least 4 members (excludes halogenated alkanes) is 2. The van der Waals surface area contributed by atoms with Crippen LogP contribution >= 0.6 is 0 Å². The normalized spacial score (nSPS) is 13.6. The van der Waals surface area contributed by atoms with Gasteiger partial charge in [0.25, 0.3) is 0 Å². The maximum Gasteiger partial charge on any atom is 0.339 e. The monoisotopic (exact) mass is 377 g/mol. The van der Waals surface area contributed by atoms with Crippen LogP contribution in [0.25, 0.3) is 0 Å². The van der Waals surface area contributed by atoms with Crippen molar-refractivity contribution in [1.82, 2.24) is 4.90 Å². The van der Waals surface area contributed by atoms with Crippen LogP contribution in [0, 0.1) is 0 Å². The van der Waals surface area contributed by atoms with Crippen LogP contribution in [0.4, 0.5) is 0 Å². The lowest BCUT2D eigenvalue weighted by atomic mass is 10.1. The van der Waals surface area contributed by atoms with Gasteiger partial charge < -0.3 is 14.4 Å². The minimum Gasteiger partial charge on any atom is -0.462 e. The number of carbonyl (C=O) groups is 2. The highest BCUT2D eigenvalue weighted by Gasteiger charge is 2.18. The first-order chi connectivity index (χ1) is 13.1. The van der Waals surface area contributed by atoms with E-state index in [0.29, 0.717) is 13.2 Å². The van der Waals surface area contributed by atoms with E-state index in [1.807, 2.05) is 13.8 Å². The molecule has 0 aromatic heterocycles. The van der Waals surface area contributed by atoms with Crippen molar-refractivity contribution in [2.24, 2.45) is 0 Å². The number of esters is 2. The van der Waals surface area contributed by atoms with Crippen molar-refractivity contribution in [3.05, 3.63) is 35.4 Å². The predicted molar refractivity (Wildman–Crippen MR) is 108 cm³/mol. The summed E-state index contributed by atoms with van der Waals surface area (Å²) >= 11 is 0. The van der Waals surface area contributed by atoms with Gasteiger partial charge in [-0.25, -0.2) is 9.59 Å². The number of nitrogens with zero attached hydrogens (tertiary/aromatic N) is 1. The van der Waals surface area contributed by atoms with Crippen LogP contribution in [0.5, 0.6) is 0 Å². The minimum absolute atomic E-state index is 0.269. The Morgan fingerprint density at radius 1 is 0.852 bits per heavy atom. The Kier molecular flexibility index (Phi) is 12.2. The largest absolute Gasteiger partial charge is 0.462 e. The van der Waals surface area contributed by atoms with Crippen LogP contribution in [-0.4, -0.2) is 49.7 Å². The van der Waals surface area contributed by atoms with Crippen molar-refractivity contribution >= 4 is 11.9 Å². The molecule has 0 bridgehead atoms. The van der Waals surface area contributed by atoms with Crippen molar-refractivity contribution < 1.29 is 19.1 Å². The summed E-state index contributed by atoms with van der Waals surface area (Å²) in [6.07, 6.45) is 6.38. The second-order valence-corrected chi connectivity index (χ2v) is 6.67. The van der Waals surface area contributed by atoms with Crippen LogP contribution in [0.15, 0.2) is 24.3 Å². The van der Waals surface area contributed by atoms with Crippen molar-refractivity contribution in [2.45, 2.75) is 59.3 Å². The molecule has 0 atom stereocenters. The summed E-state index contributed by atoms with van der Waals surface area (Å²) in [7, 11) is 0. The van der Waals surface area contributed by atoms with Gasteiger partial charge in [-0.3, -0.25) is 0 Å². The molecule has 152 valence electrons. The SMILES string of the molecule is CCCCOC(=O)c1ccccc1C(=O)OCCCC.CCN1CCCC1. The van der Waals surface area contributed by atoms with Gasteiger partial charge in [-0.2, -0.15) is 0 Å². The van der Waals surface area contributed by atoms with Crippen LogP contribution in [0.1, 0.15) is 80.0 Å². The number of carbonyl (C=O) groups excluding carboxylic acids is 2. The van der Waals surface area contributed by atoms with E-state index in [9.17, 15) is 9.59 Å². The molecule has 0 radical (unpaired) electrons. The fourth-order valence-corrected chi connectivity index (χ4v) is 2.71. The van der Waals surface area contributed by atoms with Crippen LogP contribution in [-0.2, 0) is 9.47 Å². The molecule has 0 saturated carbocycles. The van der Waals surface area contributed by atoms with Gasteiger partial charge in [-0.05, 0) is 57.5 Å². The first-order valence-electron chi connectivity index (χ1n) is 10.3. The van der Waals surface area contributed by atoms with Gasteiger partial charge in [0.15, 0.2) is 0 Å². The van der Waals surface area contributed by atoms with E-state index in [-0.39, 0.29) is 11.1 Å². The highest BCUT2D eigenvalue weighted by Crippen LogP contribution is 2.12. The standard InChI is InChI=1S/C16H22O4.C6H13N/c1-3-5-11-19-15(17)13-9-7-8-10-14(13)16(18)20-12-6-4-2;1-2-7-5-3-4-6-7/h7-10H,3-6,11-12H2,1-2H3;2-6H2,1H3. The molecule has 0 N–H and O–H groups in total. The van der Waals surface area contributed by atoms with E-state index in [1.165, 1.54) is 32.5 Å². The molecule has 2 rings (SSSR count). The Hall–Kier alpha value is -1.88. The summed E-state index contributed by atoms with van der Waals surface area (Å²) in [5, 5.41) is 0. The number of benzene rings is 1. The van der Waals surface area contributed by atoms with Gasteiger partial charge >= 0.3 is 11.9 Å². The second kappa shape index (κ2) is 14.2. The van der Waals surface area contributed by atoms with Crippen molar-refractivity contribution in [3.8, 4) is 0 Å². The van der Waals surface area contributed by atoms with E-state index in [2.05, 4.69) is 11.8 Å².